The van der Waals surface area contributed by atoms with Gasteiger partial charge in [0.15, 0.2) is 0 Å². The molecule has 0 aromatic heterocycles. The minimum atomic E-state index is 0.511. The van der Waals surface area contributed by atoms with Gasteiger partial charge in [0.1, 0.15) is 0 Å². The van der Waals surface area contributed by atoms with Gasteiger partial charge in [-0.1, -0.05) is 30.7 Å². The van der Waals surface area contributed by atoms with E-state index in [-0.39, 0.29) is 0 Å². The molecule has 2 aliphatic rings. The first-order valence-corrected chi connectivity index (χ1v) is 7.64. The summed E-state index contributed by atoms with van der Waals surface area (Å²) >= 11 is 6.14. The average molecular weight is 264 g/mol. The van der Waals surface area contributed by atoms with Crippen molar-refractivity contribution < 1.29 is 0 Å². The number of benzene rings is 1. The van der Waals surface area contributed by atoms with E-state index in [2.05, 4.69) is 30.4 Å². The molecule has 2 saturated carbocycles. The van der Waals surface area contributed by atoms with Crippen molar-refractivity contribution in [3.63, 3.8) is 0 Å². The molecule has 0 heterocycles. The zero-order chi connectivity index (χ0) is 12.5. The lowest BCUT2D eigenvalue weighted by Crippen LogP contribution is -2.28. The summed E-state index contributed by atoms with van der Waals surface area (Å²) in [6.45, 7) is 3.33. The lowest BCUT2D eigenvalue weighted by Gasteiger charge is -2.26. The fraction of sp³-hybridized carbons (Fsp3) is 0.625. The van der Waals surface area contributed by atoms with Gasteiger partial charge in [-0.15, -0.1) is 0 Å². The molecule has 1 nitrogen and oxygen atoms in total. The summed E-state index contributed by atoms with van der Waals surface area (Å²) in [6, 6.07) is 8.92. The van der Waals surface area contributed by atoms with Gasteiger partial charge >= 0.3 is 0 Å². The molecule has 1 aromatic rings. The van der Waals surface area contributed by atoms with Crippen LogP contribution in [0.5, 0.6) is 0 Å². The second-order valence-corrected chi connectivity index (χ2v) is 6.41. The Morgan fingerprint density at radius 3 is 2.72 bits per heavy atom. The lowest BCUT2D eigenvalue weighted by molar-refractivity contribution is 0.342. The van der Waals surface area contributed by atoms with Crippen molar-refractivity contribution in [2.24, 2.45) is 17.8 Å². The Bertz CT molecular complexity index is 407. The van der Waals surface area contributed by atoms with E-state index in [1.54, 1.807) is 0 Å². The molecule has 1 aromatic carbocycles. The van der Waals surface area contributed by atoms with E-state index in [1.165, 1.54) is 31.2 Å². The molecule has 1 N–H and O–H groups in total. The Hall–Kier alpha value is -0.530. The van der Waals surface area contributed by atoms with Crippen LogP contribution in [0.4, 0.5) is 0 Å². The van der Waals surface area contributed by atoms with Gasteiger partial charge < -0.3 is 5.32 Å². The van der Waals surface area contributed by atoms with Gasteiger partial charge in [0.05, 0.1) is 0 Å². The summed E-state index contributed by atoms with van der Waals surface area (Å²) in [7, 11) is 0. The Kier molecular flexibility index (Phi) is 3.63. The predicted molar refractivity (Wildman–Crippen MR) is 76.8 cm³/mol. The summed E-state index contributed by atoms with van der Waals surface area (Å²) in [6.07, 6.45) is 5.51. The van der Waals surface area contributed by atoms with E-state index in [1.807, 2.05) is 6.07 Å². The number of fused-ring (bicyclic) bond motifs is 1. The molecule has 2 heteroatoms. The molecule has 3 atom stereocenters. The molecule has 0 aliphatic heterocycles. The van der Waals surface area contributed by atoms with Crippen molar-refractivity contribution in [2.45, 2.75) is 38.6 Å². The summed E-state index contributed by atoms with van der Waals surface area (Å²) in [4.78, 5) is 0. The molecule has 0 bridgehead atoms. The van der Waals surface area contributed by atoms with Crippen LogP contribution in [-0.2, 0) is 0 Å². The molecule has 2 fully saturated rings. The summed E-state index contributed by atoms with van der Waals surface area (Å²) in [5, 5.41) is 4.60. The van der Waals surface area contributed by atoms with Crippen molar-refractivity contribution >= 4 is 11.6 Å². The van der Waals surface area contributed by atoms with Crippen LogP contribution < -0.4 is 5.32 Å². The van der Waals surface area contributed by atoms with Crippen molar-refractivity contribution in [3.05, 3.63) is 34.9 Å². The zero-order valence-electron chi connectivity index (χ0n) is 11.0. The van der Waals surface area contributed by atoms with Gasteiger partial charge in [-0.2, -0.15) is 0 Å². The smallest absolute Gasteiger partial charge is 0.0409 e. The maximum absolute atomic E-state index is 6.14. The van der Waals surface area contributed by atoms with Crippen molar-refractivity contribution in [1.29, 1.82) is 0 Å². The highest BCUT2D eigenvalue weighted by atomic mass is 35.5. The Morgan fingerprint density at radius 1 is 1.28 bits per heavy atom. The second kappa shape index (κ2) is 5.22. The van der Waals surface area contributed by atoms with Gasteiger partial charge in [-0.3, -0.25) is 0 Å². The van der Waals surface area contributed by atoms with Crippen molar-refractivity contribution in [3.8, 4) is 0 Å². The molecular formula is C16H22ClN. The average Bonchev–Trinajstić information content (AvgIpc) is 2.97. The normalized spacial score (nSPS) is 31.1. The number of hydrogen-bond acceptors (Lipinski definition) is 1. The highest BCUT2D eigenvalue weighted by Gasteiger charge is 2.47. The van der Waals surface area contributed by atoms with Crippen LogP contribution in [-0.4, -0.2) is 6.54 Å². The van der Waals surface area contributed by atoms with Crippen LogP contribution in [0.1, 0.15) is 44.2 Å². The van der Waals surface area contributed by atoms with E-state index >= 15 is 0 Å². The SMILES string of the molecule is CCCNC(c1cccc(Cl)c1)C1CC2CC2C1. The van der Waals surface area contributed by atoms with E-state index in [4.69, 9.17) is 11.6 Å². The van der Waals surface area contributed by atoms with Crippen molar-refractivity contribution in [2.75, 3.05) is 6.54 Å². The molecule has 0 saturated heterocycles. The summed E-state index contributed by atoms with van der Waals surface area (Å²) in [5.74, 6) is 2.90. The van der Waals surface area contributed by atoms with Crippen molar-refractivity contribution in [1.82, 2.24) is 5.32 Å². The maximum Gasteiger partial charge on any atom is 0.0409 e. The number of hydrogen-bond donors (Lipinski definition) is 1. The van der Waals surface area contributed by atoms with Gasteiger partial charge in [-0.05, 0) is 67.7 Å². The highest BCUT2D eigenvalue weighted by Crippen LogP contribution is 2.57. The molecule has 0 radical (unpaired) electrons. The van der Waals surface area contributed by atoms with E-state index in [0.717, 1.165) is 29.3 Å². The monoisotopic (exact) mass is 263 g/mol. The topological polar surface area (TPSA) is 12.0 Å². The largest absolute Gasteiger partial charge is 0.310 e. The van der Waals surface area contributed by atoms with Crippen LogP contribution in [0, 0.1) is 17.8 Å². The molecule has 3 unspecified atom stereocenters. The van der Waals surface area contributed by atoms with E-state index < -0.39 is 0 Å². The third-order valence-corrected chi connectivity index (χ3v) is 4.81. The third-order valence-electron chi connectivity index (χ3n) is 4.57. The zero-order valence-corrected chi connectivity index (χ0v) is 11.8. The van der Waals surface area contributed by atoms with Crippen LogP contribution >= 0.6 is 11.6 Å². The molecule has 98 valence electrons. The molecule has 2 aliphatic carbocycles. The fourth-order valence-electron chi connectivity index (χ4n) is 3.59. The first kappa shape index (κ1) is 12.5. The van der Waals surface area contributed by atoms with Gasteiger partial charge in [-0.25, -0.2) is 0 Å². The minimum Gasteiger partial charge on any atom is -0.310 e. The van der Waals surface area contributed by atoms with Gasteiger partial charge in [0.2, 0.25) is 0 Å². The quantitative estimate of drug-likeness (QED) is 0.829. The van der Waals surface area contributed by atoms with E-state index in [9.17, 15) is 0 Å². The Balaban J connectivity index is 1.76. The van der Waals surface area contributed by atoms with Crippen LogP contribution in [0.2, 0.25) is 5.02 Å². The standard InChI is InChI=1S/C16H22ClN/c1-2-6-18-16(11-4-3-5-15(17)10-11)14-8-12-7-13(12)9-14/h3-5,10,12-14,16,18H,2,6-9H2,1H3. The number of nitrogens with one attached hydrogen (secondary N) is 1. The highest BCUT2D eigenvalue weighted by molar-refractivity contribution is 6.30. The van der Waals surface area contributed by atoms with Crippen LogP contribution in [0.15, 0.2) is 24.3 Å². The van der Waals surface area contributed by atoms with Gasteiger partial charge in [0, 0.05) is 11.1 Å². The predicted octanol–water partition coefficient (Wildman–Crippen LogP) is 4.43. The molecule has 18 heavy (non-hydrogen) atoms. The molecular weight excluding hydrogens is 242 g/mol. The molecule has 3 rings (SSSR count). The fourth-order valence-corrected chi connectivity index (χ4v) is 3.79. The van der Waals surface area contributed by atoms with E-state index in [0.29, 0.717) is 6.04 Å². The maximum atomic E-state index is 6.14. The summed E-state index contributed by atoms with van der Waals surface area (Å²) in [5.41, 5.74) is 1.38. The minimum absolute atomic E-state index is 0.511. The third kappa shape index (κ3) is 2.57. The Morgan fingerprint density at radius 2 is 2.06 bits per heavy atom. The van der Waals surface area contributed by atoms with Crippen LogP contribution in [0.3, 0.4) is 0 Å². The lowest BCUT2D eigenvalue weighted by atomic mass is 9.89. The number of rotatable bonds is 5. The second-order valence-electron chi connectivity index (χ2n) is 5.97. The molecule has 0 spiro atoms. The summed E-state index contributed by atoms with van der Waals surface area (Å²) < 4.78 is 0. The van der Waals surface area contributed by atoms with Gasteiger partial charge in [0.25, 0.3) is 0 Å². The first-order valence-electron chi connectivity index (χ1n) is 7.26. The van der Waals surface area contributed by atoms with Crippen LogP contribution in [0.25, 0.3) is 0 Å². The Labute approximate surface area is 115 Å². The number of halogens is 1. The molecule has 0 amide bonds. The first-order chi connectivity index (χ1) is 8.78.